The molecule has 1 aromatic carbocycles. The van der Waals surface area contributed by atoms with Crippen LogP contribution < -0.4 is 11.1 Å². The SMILES string of the molecule is N[C@@H]1CCCC[C@H]1NC(=O)c1ccc(Cl)c(Br)c1. The van der Waals surface area contributed by atoms with Gasteiger partial charge in [0, 0.05) is 22.1 Å². The topological polar surface area (TPSA) is 55.1 Å². The molecule has 0 unspecified atom stereocenters. The summed E-state index contributed by atoms with van der Waals surface area (Å²) >= 11 is 9.22. The third-order valence-electron chi connectivity index (χ3n) is 3.32. The van der Waals surface area contributed by atoms with Crippen molar-refractivity contribution in [3.63, 3.8) is 0 Å². The fraction of sp³-hybridized carbons (Fsp3) is 0.462. The summed E-state index contributed by atoms with van der Waals surface area (Å²) in [6.07, 6.45) is 4.22. The molecule has 2 rings (SSSR count). The van der Waals surface area contributed by atoms with E-state index in [-0.39, 0.29) is 18.0 Å². The Morgan fingerprint density at radius 2 is 2.11 bits per heavy atom. The molecule has 1 aliphatic rings. The maximum Gasteiger partial charge on any atom is 0.251 e. The standard InChI is InChI=1S/C13H16BrClN2O/c14-9-7-8(5-6-10(9)15)13(18)17-12-4-2-1-3-11(12)16/h5-7,11-12H,1-4,16H2,(H,17,18)/t11-,12-/m1/s1. The first kappa shape index (κ1) is 13.8. The highest BCUT2D eigenvalue weighted by Crippen LogP contribution is 2.23. The van der Waals surface area contributed by atoms with Crippen LogP contribution in [0.15, 0.2) is 22.7 Å². The van der Waals surface area contributed by atoms with Gasteiger partial charge < -0.3 is 11.1 Å². The molecule has 1 aliphatic carbocycles. The fourth-order valence-electron chi connectivity index (χ4n) is 2.23. The van der Waals surface area contributed by atoms with E-state index < -0.39 is 0 Å². The Morgan fingerprint density at radius 3 is 2.78 bits per heavy atom. The number of carbonyl (C=O) groups is 1. The summed E-state index contributed by atoms with van der Waals surface area (Å²) in [6, 6.07) is 5.31. The van der Waals surface area contributed by atoms with Gasteiger partial charge in [0.15, 0.2) is 0 Å². The highest BCUT2D eigenvalue weighted by molar-refractivity contribution is 9.10. The highest BCUT2D eigenvalue weighted by Gasteiger charge is 2.23. The summed E-state index contributed by atoms with van der Waals surface area (Å²) in [5.41, 5.74) is 6.62. The number of nitrogens with two attached hydrogens (primary N) is 1. The quantitative estimate of drug-likeness (QED) is 0.875. The minimum Gasteiger partial charge on any atom is -0.348 e. The van der Waals surface area contributed by atoms with E-state index in [2.05, 4.69) is 21.2 Å². The van der Waals surface area contributed by atoms with Gasteiger partial charge in [0.1, 0.15) is 0 Å². The minimum absolute atomic E-state index is 0.0680. The van der Waals surface area contributed by atoms with E-state index in [9.17, 15) is 4.79 Å². The van der Waals surface area contributed by atoms with Crippen LogP contribution in [0.5, 0.6) is 0 Å². The Kier molecular flexibility index (Phi) is 4.65. The molecule has 1 fully saturated rings. The summed E-state index contributed by atoms with van der Waals surface area (Å²) in [7, 11) is 0. The molecule has 5 heteroatoms. The molecular weight excluding hydrogens is 316 g/mol. The van der Waals surface area contributed by atoms with Crippen LogP contribution in [0.3, 0.4) is 0 Å². The van der Waals surface area contributed by atoms with Crippen molar-refractivity contribution in [2.45, 2.75) is 37.8 Å². The molecule has 3 N–H and O–H groups in total. The number of nitrogens with one attached hydrogen (secondary N) is 1. The molecule has 2 atom stereocenters. The number of hydrogen-bond donors (Lipinski definition) is 2. The first-order chi connectivity index (χ1) is 8.58. The van der Waals surface area contributed by atoms with Crippen LogP contribution in [0.2, 0.25) is 5.02 Å². The minimum atomic E-state index is -0.0882. The predicted molar refractivity (Wildman–Crippen MR) is 76.8 cm³/mol. The van der Waals surface area contributed by atoms with Crippen LogP contribution in [0, 0.1) is 0 Å². The lowest BCUT2D eigenvalue weighted by molar-refractivity contribution is 0.0921. The van der Waals surface area contributed by atoms with E-state index >= 15 is 0 Å². The van der Waals surface area contributed by atoms with Crippen molar-refractivity contribution >= 4 is 33.4 Å². The third kappa shape index (κ3) is 3.25. The van der Waals surface area contributed by atoms with Gasteiger partial charge in [-0.2, -0.15) is 0 Å². The molecule has 0 heterocycles. The normalized spacial score (nSPS) is 23.7. The smallest absolute Gasteiger partial charge is 0.251 e. The molecule has 18 heavy (non-hydrogen) atoms. The van der Waals surface area contributed by atoms with Gasteiger partial charge in [-0.15, -0.1) is 0 Å². The molecule has 0 aromatic heterocycles. The zero-order chi connectivity index (χ0) is 13.1. The molecular formula is C13H16BrClN2O. The van der Waals surface area contributed by atoms with Crippen molar-refractivity contribution in [1.29, 1.82) is 0 Å². The van der Waals surface area contributed by atoms with Gasteiger partial charge in [-0.3, -0.25) is 4.79 Å². The van der Waals surface area contributed by atoms with E-state index in [0.29, 0.717) is 10.6 Å². The Bertz CT molecular complexity index is 453. The van der Waals surface area contributed by atoms with Gasteiger partial charge in [-0.25, -0.2) is 0 Å². The lowest BCUT2D eigenvalue weighted by atomic mass is 9.91. The monoisotopic (exact) mass is 330 g/mol. The van der Waals surface area contributed by atoms with Crippen LogP contribution in [0.25, 0.3) is 0 Å². The molecule has 0 saturated heterocycles. The van der Waals surface area contributed by atoms with Crippen LogP contribution in [0.4, 0.5) is 0 Å². The average molecular weight is 332 g/mol. The van der Waals surface area contributed by atoms with E-state index in [0.717, 1.165) is 30.2 Å². The summed E-state index contributed by atoms with van der Waals surface area (Å²) < 4.78 is 0.727. The van der Waals surface area contributed by atoms with E-state index in [1.807, 2.05) is 0 Å². The zero-order valence-electron chi connectivity index (χ0n) is 9.96. The number of hydrogen-bond acceptors (Lipinski definition) is 2. The van der Waals surface area contributed by atoms with E-state index in [1.54, 1.807) is 18.2 Å². The molecule has 1 aromatic rings. The molecule has 0 spiro atoms. The molecule has 3 nitrogen and oxygen atoms in total. The van der Waals surface area contributed by atoms with Crippen molar-refractivity contribution in [1.82, 2.24) is 5.32 Å². The van der Waals surface area contributed by atoms with Gasteiger partial charge in [-0.05, 0) is 47.0 Å². The van der Waals surface area contributed by atoms with Crippen molar-refractivity contribution in [2.75, 3.05) is 0 Å². The number of carbonyl (C=O) groups excluding carboxylic acids is 1. The maximum absolute atomic E-state index is 12.1. The maximum atomic E-state index is 12.1. The van der Waals surface area contributed by atoms with Crippen LogP contribution in [-0.2, 0) is 0 Å². The number of benzene rings is 1. The van der Waals surface area contributed by atoms with E-state index in [1.165, 1.54) is 0 Å². The highest BCUT2D eigenvalue weighted by atomic mass is 79.9. The summed E-state index contributed by atoms with van der Waals surface area (Å²) in [6.45, 7) is 0. The number of amides is 1. The Labute approximate surface area is 120 Å². The molecule has 1 amide bonds. The Morgan fingerprint density at radius 1 is 1.39 bits per heavy atom. The zero-order valence-corrected chi connectivity index (χ0v) is 12.3. The van der Waals surface area contributed by atoms with Gasteiger partial charge >= 0.3 is 0 Å². The largest absolute Gasteiger partial charge is 0.348 e. The van der Waals surface area contributed by atoms with Crippen LogP contribution in [-0.4, -0.2) is 18.0 Å². The molecule has 0 bridgehead atoms. The van der Waals surface area contributed by atoms with Crippen molar-refractivity contribution < 1.29 is 4.79 Å². The van der Waals surface area contributed by atoms with Gasteiger partial charge in [-0.1, -0.05) is 24.4 Å². The van der Waals surface area contributed by atoms with Gasteiger partial charge in [0.25, 0.3) is 5.91 Å². The molecule has 1 saturated carbocycles. The first-order valence-electron chi connectivity index (χ1n) is 6.09. The second-order valence-electron chi connectivity index (χ2n) is 4.66. The predicted octanol–water partition coefficient (Wildman–Crippen LogP) is 3.10. The van der Waals surface area contributed by atoms with Gasteiger partial charge in [0.2, 0.25) is 0 Å². The van der Waals surface area contributed by atoms with Crippen LogP contribution >= 0.6 is 27.5 Å². The van der Waals surface area contributed by atoms with Crippen LogP contribution in [0.1, 0.15) is 36.0 Å². The lowest BCUT2D eigenvalue weighted by Crippen LogP contribution is -2.49. The summed E-state index contributed by atoms with van der Waals surface area (Å²) in [5, 5.41) is 3.60. The Hall–Kier alpha value is -0.580. The molecule has 0 radical (unpaired) electrons. The third-order valence-corrected chi connectivity index (χ3v) is 4.53. The van der Waals surface area contributed by atoms with Crippen molar-refractivity contribution in [2.24, 2.45) is 5.73 Å². The van der Waals surface area contributed by atoms with Gasteiger partial charge in [0.05, 0.1) is 5.02 Å². The van der Waals surface area contributed by atoms with Crippen molar-refractivity contribution in [3.05, 3.63) is 33.3 Å². The fourth-order valence-corrected chi connectivity index (χ4v) is 2.72. The Balaban J connectivity index is 2.04. The lowest BCUT2D eigenvalue weighted by Gasteiger charge is -2.29. The summed E-state index contributed by atoms with van der Waals surface area (Å²) in [4.78, 5) is 12.1. The second kappa shape index (κ2) is 6.04. The van der Waals surface area contributed by atoms with Crippen molar-refractivity contribution in [3.8, 4) is 0 Å². The first-order valence-corrected chi connectivity index (χ1v) is 7.26. The molecule has 98 valence electrons. The average Bonchev–Trinajstić information content (AvgIpc) is 2.35. The number of halogens is 2. The van der Waals surface area contributed by atoms with E-state index in [4.69, 9.17) is 17.3 Å². The summed E-state index contributed by atoms with van der Waals surface area (Å²) in [5.74, 6) is -0.0882. The molecule has 0 aliphatic heterocycles. The second-order valence-corrected chi connectivity index (χ2v) is 5.92. The number of rotatable bonds is 2.